The van der Waals surface area contributed by atoms with Gasteiger partial charge in [-0.05, 0) is 45.4 Å². The topological polar surface area (TPSA) is 258 Å². The van der Waals surface area contributed by atoms with E-state index in [1.165, 1.54) is 18.0 Å². The quantitative estimate of drug-likeness (QED) is 0.0720. The molecule has 6 aliphatic rings. The van der Waals surface area contributed by atoms with Crippen LogP contribution in [-0.4, -0.2) is 134 Å². The van der Waals surface area contributed by atoms with Crippen molar-refractivity contribution in [3.05, 3.63) is 57.6 Å². The van der Waals surface area contributed by atoms with Crippen molar-refractivity contribution >= 4 is 52.9 Å². The number of ether oxygens (including phenoxy) is 6. The lowest BCUT2D eigenvalue weighted by Crippen LogP contribution is -2.66. The molecule has 7 N–H and O–H groups in total. The molecule has 0 radical (unpaired) electrons. The number of nitrogens with zero attached hydrogens (tertiary/aromatic N) is 1. The van der Waals surface area contributed by atoms with E-state index < -0.39 is 138 Å². The number of hydrogen-bond donors (Lipinski definition) is 6. The van der Waals surface area contributed by atoms with Crippen molar-refractivity contribution in [1.82, 2.24) is 15.2 Å². The molecule has 1 aromatic heterocycles. The van der Waals surface area contributed by atoms with Crippen molar-refractivity contribution < 1.29 is 67.7 Å². The zero-order valence-corrected chi connectivity index (χ0v) is 36.6. The average Bonchev–Trinajstić information content (AvgIpc) is 3.61. The maximum Gasteiger partial charge on any atom is 0.405 e. The van der Waals surface area contributed by atoms with Crippen LogP contribution in [0.4, 0.5) is 4.79 Å². The zero-order chi connectivity index (χ0) is 45.3. The highest BCUT2D eigenvalue weighted by molar-refractivity contribution is 6.43. The fraction of sp³-hybridized carbons (Fsp3) is 0.643. The molecule has 17 atom stereocenters. The molecular formula is C42H54Cl2N4O14. The highest BCUT2D eigenvalue weighted by Gasteiger charge is 2.61. The number of aliphatic hydroxyl groups is 3. The van der Waals surface area contributed by atoms with Crippen LogP contribution in [0.3, 0.4) is 0 Å². The average molecular weight is 910 g/mol. The van der Waals surface area contributed by atoms with Crippen LogP contribution in [0, 0.1) is 29.6 Å². The van der Waals surface area contributed by atoms with E-state index in [0.717, 1.165) is 5.57 Å². The summed E-state index contributed by atoms with van der Waals surface area (Å²) in [6.45, 7) is 13.7. The molecule has 4 aliphatic heterocycles. The van der Waals surface area contributed by atoms with Crippen LogP contribution in [0.15, 0.2) is 41.8 Å². The molecule has 0 aromatic carbocycles. The number of esters is 1. The lowest BCUT2D eigenvalue weighted by atomic mass is 9.61. The number of carbonyl (C=O) groups is 5. The van der Waals surface area contributed by atoms with E-state index in [1.54, 1.807) is 27.7 Å². The summed E-state index contributed by atoms with van der Waals surface area (Å²) in [5, 5.41) is 38.3. The molecule has 0 bridgehead atoms. The SMILES string of the molecule is C=C1CCC(OC2CC(O)(C(C)NC(=O)c3[nH]cc(Cl)c3Cl)C(O)C(C)O2)C2C=CC(C)C(/C(O)=C3\C(=O)C4C(C)COC5C(OC(C)=O)C(OC(N)=O)C(C)OC5N4C3=O)C12. The number of aromatic nitrogens is 1. The van der Waals surface area contributed by atoms with Crippen molar-refractivity contribution in [3.8, 4) is 0 Å². The molecule has 3 amide bonds. The zero-order valence-electron chi connectivity index (χ0n) is 35.1. The van der Waals surface area contributed by atoms with Crippen LogP contribution in [0.1, 0.15) is 71.3 Å². The molecule has 2 aliphatic carbocycles. The third kappa shape index (κ3) is 8.05. The van der Waals surface area contributed by atoms with Crippen LogP contribution in [0.25, 0.3) is 0 Å². The van der Waals surface area contributed by atoms with Gasteiger partial charge in [-0.25, -0.2) is 4.79 Å². The predicted molar refractivity (Wildman–Crippen MR) is 218 cm³/mol. The molecule has 18 nitrogen and oxygen atoms in total. The van der Waals surface area contributed by atoms with Gasteiger partial charge in [0.25, 0.3) is 11.8 Å². The van der Waals surface area contributed by atoms with E-state index in [0.29, 0.717) is 12.8 Å². The number of allylic oxidation sites excluding steroid dienone is 3. The van der Waals surface area contributed by atoms with E-state index in [2.05, 4.69) is 16.9 Å². The first-order valence-corrected chi connectivity index (χ1v) is 21.5. The van der Waals surface area contributed by atoms with Crippen molar-refractivity contribution in [2.24, 2.45) is 35.3 Å². The number of primary amides is 1. The summed E-state index contributed by atoms with van der Waals surface area (Å²) in [4.78, 5) is 70.3. The third-order valence-electron chi connectivity index (χ3n) is 13.4. The van der Waals surface area contributed by atoms with Gasteiger partial charge in [0.2, 0.25) is 0 Å². The molecule has 1 saturated carbocycles. The number of carbonyl (C=O) groups excluding carboxylic acids is 5. The minimum atomic E-state index is -1.91. The molecule has 1 aromatic rings. The van der Waals surface area contributed by atoms with Gasteiger partial charge >= 0.3 is 12.1 Å². The van der Waals surface area contributed by atoms with Crippen LogP contribution < -0.4 is 11.1 Å². The maximum atomic E-state index is 14.7. The van der Waals surface area contributed by atoms with Gasteiger partial charge in [-0.2, -0.15) is 0 Å². The monoisotopic (exact) mass is 908 g/mol. The number of nitrogens with one attached hydrogen (secondary N) is 2. The van der Waals surface area contributed by atoms with Crippen LogP contribution in [0.2, 0.25) is 10.0 Å². The second-order valence-corrected chi connectivity index (χ2v) is 18.2. The van der Waals surface area contributed by atoms with Crippen molar-refractivity contribution in [2.75, 3.05) is 6.61 Å². The number of Topliss-reactive ketones (excluding diaryl/α,β-unsaturated/α-hetero) is 1. The number of nitrogens with two attached hydrogens (primary N) is 1. The first-order valence-electron chi connectivity index (χ1n) is 20.8. The van der Waals surface area contributed by atoms with Gasteiger partial charge in [0, 0.05) is 37.3 Å². The number of amides is 3. The molecular weight excluding hydrogens is 855 g/mol. The van der Waals surface area contributed by atoms with Crippen molar-refractivity contribution in [1.29, 1.82) is 0 Å². The van der Waals surface area contributed by atoms with E-state index in [4.69, 9.17) is 57.4 Å². The Balaban J connectivity index is 1.14. The second-order valence-electron chi connectivity index (χ2n) is 17.4. The third-order valence-corrected chi connectivity index (χ3v) is 14.2. The maximum absolute atomic E-state index is 14.7. The molecule has 4 saturated heterocycles. The predicted octanol–water partition coefficient (Wildman–Crippen LogP) is 3.22. The summed E-state index contributed by atoms with van der Waals surface area (Å²) in [5.74, 6) is -5.92. The summed E-state index contributed by atoms with van der Waals surface area (Å²) >= 11 is 12.2. The van der Waals surface area contributed by atoms with Crippen LogP contribution in [-0.2, 0) is 42.8 Å². The Hall–Kier alpha value is -4.01. The summed E-state index contributed by atoms with van der Waals surface area (Å²) in [5.41, 5.74) is 3.78. The molecule has 5 heterocycles. The lowest BCUT2D eigenvalue weighted by Gasteiger charge is -2.50. The minimum Gasteiger partial charge on any atom is -0.511 e. The standard InChI is InChI=1S/C42H54Cl2N4O14/c1-15-9-11-24(61-25-12-42(56,37(52)19(5)58-25)20(6)47-38(53)30-29(44)23(43)13-46-30)22-10-8-16(2)27(26(15)22)32(50)28-33(51)31-17(3)14-57-36-35(60-21(7)49)34(62-41(45)55)18(4)59-40(36)48(31)39(28)54/h8,10,13,16-20,22,24-27,31,34-37,40,46,50,52,56H,1,9,11-12,14H2,2-7H3,(H2,45,55)(H,47,53)/b32-28-. The normalized spacial score (nSPS) is 40.7. The first-order chi connectivity index (χ1) is 29.2. The fourth-order valence-electron chi connectivity index (χ4n) is 10.3. The minimum absolute atomic E-state index is 0.00807. The number of aromatic amines is 1. The highest BCUT2D eigenvalue weighted by atomic mass is 35.5. The Morgan fingerprint density at radius 2 is 1.81 bits per heavy atom. The number of hydrogen-bond acceptors (Lipinski definition) is 14. The van der Waals surface area contributed by atoms with Crippen LogP contribution in [0.5, 0.6) is 0 Å². The Morgan fingerprint density at radius 1 is 1.10 bits per heavy atom. The van der Waals surface area contributed by atoms with Gasteiger partial charge in [0.15, 0.2) is 30.5 Å². The molecule has 62 heavy (non-hydrogen) atoms. The number of ketones is 1. The van der Waals surface area contributed by atoms with E-state index in [9.17, 15) is 39.3 Å². The molecule has 0 spiro atoms. The van der Waals surface area contributed by atoms with Gasteiger partial charge in [-0.3, -0.25) is 24.1 Å². The van der Waals surface area contributed by atoms with Gasteiger partial charge < -0.3 is 59.8 Å². The van der Waals surface area contributed by atoms with Crippen molar-refractivity contribution in [2.45, 2.75) is 134 Å². The first kappa shape index (κ1) is 46.0. The van der Waals surface area contributed by atoms with E-state index in [1.807, 2.05) is 19.1 Å². The number of rotatable bonds is 8. The van der Waals surface area contributed by atoms with E-state index >= 15 is 0 Å². The Bertz CT molecular complexity index is 2060. The number of halogens is 2. The smallest absolute Gasteiger partial charge is 0.405 e. The molecule has 7 rings (SSSR count). The Kier molecular flexibility index (Phi) is 13.0. The summed E-state index contributed by atoms with van der Waals surface area (Å²) in [6.07, 6.45) is -5.07. The number of fused-ring (bicyclic) bond motifs is 4. The Labute approximate surface area is 368 Å². The molecule has 17 unspecified atom stereocenters. The van der Waals surface area contributed by atoms with Gasteiger partial charge in [0.1, 0.15) is 40.9 Å². The lowest BCUT2D eigenvalue weighted by molar-refractivity contribution is -0.296. The molecule has 5 fully saturated rings. The van der Waals surface area contributed by atoms with E-state index in [-0.39, 0.29) is 34.7 Å². The second kappa shape index (κ2) is 17.5. The summed E-state index contributed by atoms with van der Waals surface area (Å²) < 4.78 is 35.9. The van der Waals surface area contributed by atoms with Crippen molar-refractivity contribution in [3.63, 3.8) is 0 Å². The summed E-state index contributed by atoms with van der Waals surface area (Å²) in [6, 6.07) is -2.13. The number of aliphatic hydroxyl groups excluding tert-OH is 2. The summed E-state index contributed by atoms with van der Waals surface area (Å²) in [7, 11) is 0. The highest BCUT2D eigenvalue weighted by Crippen LogP contribution is 2.51. The van der Waals surface area contributed by atoms with Crippen LogP contribution >= 0.6 is 23.2 Å². The fourth-order valence-corrected chi connectivity index (χ4v) is 10.6. The Morgan fingerprint density at radius 3 is 2.45 bits per heavy atom. The number of H-pyrrole nitrogens is 1. The molecule has 20 heteroatoms. The largest absolute Gasteiger partial charge is 0.511 e. The molecule has 340 valence electrons. The van der Waals surface area contributed by atoms with Gasteiger partial charge in [-0.15, -0.1) is 0 Å². The van der Waals surface area contributed by atoms with Gasteiger partial charge in [0.05, 0.1) is 41.0 Å². The van der Waals surface area contributed by atoms with Gasteiger partial charge in [-0.1, -0.05) is 61.4 Å².